The predicted molar refractivity (Wildman–Crippen MR) is 26.9 cm³/mol. The molecule has 0 aromatic rings. The summed E-state index contributed by atoms with van der Waals surface area (Å²) in [6.07, 6.45) is 1.43. The Morgan fingerprint density at radius 1 is 1.88 bits per heavy atom. The highest BCUT2D eigenvalue weighted by Crippen LogP contribution is 1.85. The van der Waals surface area contributed by atoms with E-state index in [1.54, 1.807) is 0 Å². The van der Waals surface area contributed by atoms with E-state index in [1.165, 1.54) is 6.08 Å². The zero-order chi connectivity index (χ0) is 6.41. The van der Waals surface area contributed by atoms with Crippen LogP contribution in [0.4, 0.5) is 4.39 Å². The number of carbonyl (C=O) groups excluding carboxylic acids is 1. The van der Waals surface area contributed by atoms with Gasteiger partial charge < -0.3 is 4.74 Å². The van der Waals surface area contributed by atoms with Crippen molar-refractivity contribution in [3.63, 3.8) is 0 Å². The minimum absolute atomic E-state index is 0.0733. The quantitative estimate of drug-likeness (QED) is 0.408. The van der Waals surface area contributed by atoms with E-state index in [0.29, 0.717) is 0 Å². The van der Waals surface area contributed by atoms with Gasteiger partial charge in [-0.25, -0.2) is 4.39 Å². The molecule has 0 amide bonds. The molecule has 8 heavy (non-hydrogen) atoms. The molecule has 0 heterocycles. The molecule has 0 atom stereocenters. The molecule has 0 saturated carbocycles. The lowest BCUT2D eigenvalue weighted by atomic mass is 10.4. The molecule has 0 aliphatic heterocycles. The van der Waals surface area contributed by atoms with Gasteiger partial charge >= 0.3 is 5.97 Å². The van der Waals surface area contributed by atoms with Gasteiger partial charge in [0.25, 0.3) is 0 Å². The maximum Gasteiger partial charge on any atom is 0.311 e. The van der Waals surface area contributed by atoms with Crippen molar-refractivity contribution in [3.8, 4) is 0 Å². The van der Waals surface area contributed by atoms with Crippen LogP contribution >= 0.6 is 0 Å². The molecule has 0 aliphatic rings. The van der Waals surface area contributed by atoms with Crippen LogP contribution in [0.3, 0.4) is 0 Å². The van der Waals surface area contributed by atoms with Gasteiger partial charge in [-0.2, -0.15) is 0 Å². The number of hydrogen-bond donors (Lipinski definition) is 0. The first-order valence-corrected chi connectivity index (χ1v) is 2.13. The molecule has 3 heteroatoms. The lowest BCUT2D eigenvalue weighted by Gasteiger charge is -1.92. The van der Waals surface area contributed by atoms with Crippen molar-refractivity contribution in [1.29, 1.82) is 0 Å². The van der Waals surface area contributed by atoms with Crippen LogP contribution in [0.5, 0.6) is 0 Å². The highest BCUT2D eigenvalue weighted by molar-refractivity contribution is 5.70. The summed E-state index contributed by atoms with van der Waals surface area (Å²) in [7, 11) is 0. The van der Waals surface area contributed by atoms with Crippen molar-refractivity contribution in [3.05, 3.63) is 12.7 Å². The van der Waals surface area contributed by atoms with Crippen molar-refractivity contribution in [2.45, 2.75) is 6.42 Å². The van der Waals surface area contributed by atoms with E-state index < -0.39 is 12.8 Å². The fourth-order valence-corrected chi connectivity index (χ4v) is 0.238. The van der Waals surface area contributed by atoms with Crippen LogP contribution < -0.4 is 0 Å². The van der Waals surface area contributed by atoms with Gasteiger partial charge in [-0.15, -0.1) is 6.58 Å². The first kappa shape index (κ1) is 7.14. The second kappa shape index (κ2) is 4.30. The van der Waals surface area contributed by atoms with Crippen molar-refractivity contribution < 1.29 is 13.9 Å². The second-order valence-electron chi connectivity index (χ2n) is 1.12. The summed E-state index contributed by atoms with van der Waals surface area (Å²) in [6, 6.07) is 0. The van der Waals surface area contributed by atoms with Crippen molar-refractivity contribution >= 4 is 5.97 Å². The Kier molecular flexibility index (Phi) is 3.84. The Morgan fingerprint density at radius 2 is 2.50 bits per heavy atom. The molecule has 0 fully saturated rings. The molecule has 0 saturated heterocycles. The number of esters is 1. The number of carbonyl (C=O) groups is 1. The largest absolute Gasteiger partial charge is 0.433 e. The zero-order valence-corrected chi connectivity index (χ0v) is 4.39. The first-order chi connectivity index (χ1) is 3.81. The van der Waals surface area contributed by atoms with E-state index in [2.05, 4.69) is 11.3 Å². The fraction of sp³-hybridized carbons (Fsp3) is 0.400. The molecule has 0 aromatic carbocycles. The smallest absolute Gasteiger partial charge is 0.311 e. The van der Waals surface area contributed by atoms with Crippen LogP contribution in [0, 0.1) is 0 Å². The van der Waals surface area contributed by atoms with Crippen molar-refractivity contribution in [2.75, 3.05) is 6.86 Å². The van der Waals surface area contributed by atoms with E-state index in [1.807, 2.05) is 0 Å². The van der Waals surface area contributed by atoms with Gasteiger partial charge in [-0.05, 0) is 0 Å². The van der Waals surface area contributed by atoms with Crippen molar-refractivity contribution in [1.82, 2.24) is 0 Å². The molecule has 46 valence electrons. The van der Waals surface area contributed by atoms with Crippen molar-refractivity contribution in [2.24, 2.45) is 0 Å². The lowest BCUT2D eigenvalue weighted by molar-refractivity contribution is -0.146. The number of rotatable bonds is 3. The van der Waals surface area contributed by atoms with Gasteiger partial charge in [0.05, 0.1) is 6.42 Å². The molecule has 0 aliphatic carbocycles. The molecule has 0 spiro atoms. The monoisotopic (exact) mass is 118 g/mol. The highest BCUT2D eigenvalue weighted by Gasteiger charge is 1.94. The van der Waals surface area contributed by atoms with Crippen LogP contribution in [0.25, 0.3) is 0 Å². The average Bonchev–Trinajstić information content (AvgIpc) is 1.68. The Balaban J connectivity index is 3.18. The molecule has 0 rings (SSSR count). The molecule has 0 N–H and O–H groups in total. The summed E-state index contributed by atoms with van der Waals surface area (Å²) in [5, 5.41) is 0. The normalized spacial score (nSPS) is 8.12. The standard InChI is InChI=1S/C5H7FO2/c1-2-3-5(7)8-4-6/h2H,1,3-4H2. The lowest BCUT2D eigenvalue weighted by Crippen LogP contribution is -2.00. The summed E-state index contributed by atoms with van der Waals surface area (Å²) in [6.45, 7) is 2.21. The third kappa shape index (κ3) is 3.33. The Labute approximate surface area is 47.0 Å². The minimum atomic E-state index is -1.05. The summed E-state index contributed by atoms with van der Waals surface area (Å²) in [5.41, 5.74) is 0. The topological polar surface area (TPSA) is 26.3 Å². The Morgan fingerprint density at radius 3 is 2.88 bits per heavy atom. The van der Waals surface area contributed by atoms with E-state index in [-0.39, 0.29) is 6.42 Å². The SMILES string of the molecule is C=CCC(=O)OCF. The third-order valence-electron chi connectivity index (χ3n) is 0.527. The maximum atomic E-state index is 11.1. The molecular formula is C5H7FO2. The number of hydrogen-bond acceptors (Lipinski definition) is 2. The maximum absolute atomic E-state index is 11.1. The summed E-state index contributed by atoms with van der Waals surface area (Å²) in [5.74, 6) is -0.581. The summed E-state index contributed by atoms with van der Waals surface area (Å²) >= 11 is 0. The van der Waals surface area contributed by atoms with Crippen LogP contribution in [0.1, 0.15) is 6.42 Å². The molecule has 0 aromatic heterocycles. The van der Waals surface area contributed by atoms with Crippen LogP contribution in [0.2, 0.25) is 0 Å². The van der Waals surface area contributed by atoms with Gasteiger partial charge in [-0.1, -0.05) is 6.08 Å². The molecule has 0 radical (unpaired) electrons. The van der Waals surface area contributed by atoms with Gasteiger partial charge in [0.15, 0.2) is 0 Å². The minimum Gasteiger partial charge on any atom is -0.433 e. The van der Waals surface area contributed by atoms with Crippen LogP contribution in [0.15, 0.2) is 12.7 Å². The van der Waals surface area contributed by atoms with Crippen LogP contribution in [-0.2, 0) is 9.53 Å². The van der Waals surface area contributed by atoms with E-state index in [4.69, 9.17) is 0 Å². The summed E-state index contributed by atoms with van der Waals surface area (Å²) < 4.78 is 15.0. The highest BCUT2D eigenvalue weighted by atomic mass is 19.1. The molecule has 0 unspecified atom stereocenters. The number of alkyl halides is 1. The van der Waals surface area contributed by atoms with Crippen LogP contribution in [-0.4, -0.2) is 12.8 Å². The Bertz CT molecular complexity index is 90.4. The van der Waals surface area contributed by atoms with E-state index >= 15 is 0 Å². The Hall–Kier alpha value is -0.860. The molecular weight excluding hydrogens is 111 g/mol. The van der Waals surface area contributed by atoms with E-state index in [9.17, 15) is 9.18 Å². The van der Waals surface area contributed by atoms with Gasteiger partial charge in [-0.3, -0.25) is 4.79 Å². The third-order valence-corrected chi connectivity index (χ3v) is 0.527. The van der Waals surface area contributed by atoms with E-state index in [0.717, 1.165) is 0 Å². The van der Waals surface area contributed by atoms with Gasteiger partial charge in [0, 0.05) is 0 Å². The second-order valence-corrected chi connectivity index (χ2v) is 1.12. The number of ether oxygens (including phenoxy) is 1. The fourth-order valence-electron chi connectivity index (χ4n) is 0.238. The van der Waals surface area contributed by atoms with Gasteiger partial charge in [0.2, 0.25) is 6.86 Å². The predicted octanol–water partition coefficient (Wildman–Crippen LogP) is 1.03. The summed E-state index contributed by atoms with van der Waals surface area (Å²) in [4.78, 5) is 10.1. The molecule has 0 bridgehead atoms. The average molecular weight is 118 g/mol. The first-order valence-electron chi connectivity index (χ1n) is 2.13. The van der Waals surface area contributed by atoms with Gasteiger partial charge in [0.1, 0.15) is 0 Å². The zero-order valence-electron chi connectivity index (χ0n) is 4.39. The molecule has 2 nitrogen and oxygen atoms in total. The number of halogens is 1.